The quantitative estimate of drug-likeness (QED) is 0.881. The van der Waals surface area contributed by atoms with E-state index in [1.165, 1.54) is 19.4 Å². The van der Waals surface area contributed by atoms with Crippen LogP contribution in [-0.2, 0) is 0 Å². The number of amides is 1. The maximum absolute atomic E-state index is 11.9. The van der Waals surface area contributed by atoms with Gasteiger partial charge in [0.1, 0.15) is 0 Å². The van der Waals surface area contributed by atoms with Gasteiger partial charge in [0.05, 0.1) is 5.69 Å². The zero-order valence-electron chi connectivity index (χ0n) is 11.3. The number of carbonyl (C=O) groups excluding carboxylic acids is 1. The van der Waals surface area contributed by atoms with Gasteiger partial charge < -0.3 is 14.6 Å². The van der Waals surface area contributed by atoms with Crippen LogP contribution in [0.2, 0.25) is 0 Å². The van der Waals surface area contributed by atoms with E-state index in [4.69, 9.17) is 4.42 Å². The van der Waals surface area contributed by atoms with E-state index in [9.17, 15) is 4.79 Å². The minimum atomic E-state index is -0.159. The Hall–Kier alpha value is -1.36. The van der Waals surface area contributed by atoms with E-state index < -0.39 is 0 Å². The van der Waals surface area contributed by atoms with Crippen molar-refractivity contribution >= 4 is 5.91 Å². The fourth-order valence-corrected chi connectivity index (χ4v) is 2.52. The Morgan fingerprint density at radius 2 is 2.33 bits per heavy atom. The SMILES string of the molecule is Cc1nc(C)c(C(=O)NCC[C@H]2CCCN2C)o1. The van der Waals surface area contributed by atoms with Crippen LogP contribution in [0.1, 0.15) is 41.4 Å². The molecule has 1 aromatic heterocycles. The lowest BCUT2D eigenvalue weighted by molar-refractivity contribution is 0.0920. The summed E-state index contributed by atoms with van der Waals surface area (Å²) < 4.78 is 5.29. The molecule has 2 heterocycles. The molecule has 1 atom stereocenters. The molecule has 1 fully saturated rings. The van der Waals surface area contributed by atoms with Crippen molar-refractivity contribution in [2.24, 2.45) is 0 Å². The van der Waals surface area contributed by atoms with Gasteiger partial charge in [0.25, 0.3) is 5.91 Å². The number of nitrogens with one attached hydrogen (secondary N) is 1. The summed E-state index contributed by atoms with van der Waals surface area (Å²) in [5.74, 6) is 0.717. The van der Waals surface area contributed by atoms with Gasteiger partial charge in [-0.15, -0.1) is 0 Å². The Bertz CT molecular complexity index is 428. The molecule has 2 rings (SSSR count). The third-order valence-electron chi connectivity index (χ3n) is 3.54. The Kier molecular flexibility index (Phi) is 4.01. The van der Waals surface area contributed by atoms with Gasteiger partial charge in [0.2, 0.25) is 5.76 Å². The van der Waals surface area contributed by atoms with Gasteiger partial charge in [-0.05, 0) is 39.8 Å². The molecule has 5 heteroatoms. The Morgan fingerprint density at radius 3 is 2.89 bits per heavy atom. The number of hydrogen-bond acceptors (Lipinski definition) is 4. The van der Waals surface area contributed by atoms with Crippen molar-refractivity contribution in [3.05, 3.63) is 17.3 Å². The van der Waals surface area contributed by atoms with Crippen molar-refractivity contribution in [2.45, 2.75) is 39.2 Å². The summed E-state index contributed by atoms with van der Waals surface area (Å²) in [7, 11) is 2.14. The fraction of sp³-hybridized carbons (Fsp3) is 0.692. The molecule has 0 unspecified atom stereocenters. The highest BCUT2D eigenvalue weighted by atomic mass is 16.4. The molecule has 1 amide bonds. The first-order valence-corrected chi connectivity index (χ1v) is 6.50. The topological polar surface area (TPSA) is 58.4 Å². The van der Waals surface area contributed by atoms with E-state index in [1.54, 1.807) is 13.8 Å². The standard InChI is InChI=1S/C13H21N3O2/c1-9-12(18-10(2)15-9)13(17)14-7-6-11-5-4-8-16(11)3/h11H,4-8H2,1-3H3,(H,14,17)/t11-/m1/s1. The second kappa shape index (κ2) is 5.52. The number of aromatic nitrogens is 1. The van der Waals surface area contributed by atoms with Crippen molar-refractivity contribution in [2.75, 3.05) is 20.1 Å². The summed E-state index contributed by atoms with van der Waals surface area (Å²) in [6, 6.07) is 0.600. The summed E-state index contributed by atoms with van der Waals surface area (Å²) in [5.41, 5.74) is 0.656. The second-order valence-corrected chi connectivity index (χ2v) is 4.97. The van der Waals surface area contributed by atoms with Crippen LogP contribution in [-0.4, -0.2) is 42.0 Å². The first-order valence-electron chi connectivity index (χ1n) is 6.50. The molecule has 1 aliphatic rings. The molecule has 5 nitrogen and oxygen atoms in total. The zero-order valence-corrected chi connectivity index (χ0v) is 11.3. The third kappa shape index (κ3) is 2.90. The van der Waals surface area contributed by atoms with E-state index in [1.807, 2.05) is 0 Å². The molecule has 0 bridgehead atoms. The molecule has 0 aliphatic carbocycles. The summed E-state index contributed by atoms with van der Waals surface area (Å²) >= 11 is 0. The lowest BCUT2D eigenvalue weighted by Gasteiger charge is -2.19. The minimum Gasteiger partial charge on any atom is -0.436 e. The van der Waals surface area contributed by atoms with Crippen molar-refractivity contribution in [3.63, 3.8) is 0 Å². The van der Waals surface area contributed by atoms with Crippen molar-refractivity contribution in [1.82, 2.24) is 15.2 Å². The van der Waals surface area contributed by atoms with E-state index >= 15 is 0 Å². The number of aryl methyl sites for hydroxylation is 2. The summed E-state index contributed by atoms with van der Waals surface area (Å²) in [6.07, 6.45) is 3.48. The molecule has 1 aromatic rings. The molecule has 0 aromatic carbocycles. The van der Waals surface area contributed by atoms with Crippen molar-refractivity contribution in [3.8, 4) is 0 Å². The highest BCUT2D eigenvalue weighted by molar-refractivity contribution is 5.92. The predicted molar refractivity (Wildman–Crippen MR) is 68.6 cm³/mol. The summed E-state index contributed by atoms with van der Waals surface area (Å²) in [4.78, 5) is 18.3. The van der Waals surface area contributed by atoms with E-state index in [0.29, 0.717) is 29.9 Å². The highest BCUT2D eigenvalue weighted by Crippen LogP contribution is 2.17. The smallest absolute Gasteiger partial charge is 0.289 e. The van der Waals surface area contributed by atoms with Crippen molar-refractivity contribution < 1.29 is 9.21 Å². The van der Waals surface area contributed by atoms with Crippen molar-refractivity contribution in [1.29, 1.82) is 0 Å². The third-order valence-corrected chi connectivity index (χ3v) is 3.54. The maximum Gasteiger partial charge on any atom is 0.289 e. The normalized spacial score (nSPS) is 20.3. The summed E-state index contributed by atoms with van der Waals surface area (Å²) in [6.45, 7) is 5.39. The van der Waals surface area contributed by atoms with E-state index in [0.717, 1.165) is 6.42 Å². The van der Waals surface area contributed by atoms with Gasteiger partial charge in [-0.2, -0.15) is 0 Å². The van der Waals surface area contributed by atoms with Gasteiger partial charge in [0, 0.05) is 19.5 Å². The zero-order chi connectivity index (χ0) is 13.1. The van der Waals surface area contributed by atoms with Crippen LogP contribution in [0.3, 0.4) is 0 Å². The molecule has 18 heavy (non-hydrogen) atoms. The number of hydrogen-bond donors (Lipinski definition) is 1. The van der Waals surface area contributed by atoms with Gasteiger partial charge in [-0.25, -0.2) is 4.98 Å². The van der Waals surface area contributed by atoms with Gasteiger partial charge >= 0.3 is 0 Å². The van der Waals surface area contributed by atoms with Crippen LogP contribution in [0, 0.1) is 13.8 Å². The second-order valence-electron chi connectivity index (χ2n) is 4.97. The molecule has 100 valence electrons. The molecular formula is C13H21N3O2. The number of likely N-dealkylation sites (tertiary alicyclic amines) is 1. The fourth-order valence-electron chi connectivity index (χ4n) is 2.52. The number of rotatable bonds is 4. The monoisotopic (exact) mass is 251 g/mol. The van der Waals surface area contributed by atoms with Crippen LogP contribution < -0.4 is 5.32 Å². The molecule has 0 radical (unpaired) electrons. The molecule has 1 saturated heterocycles. The minimum absolute atomic E-state index is 0.159. The van der Waals surface area contributed by atoms with Crippen LogP contribution in [0.25, 0.3) is 0 Å². The van der Waals surface area contributed by atoms with Gasteiger partial charge in [-0.1, -0.05) is 0 Å². The Morgan fingerprint density at radius 1 is 1.56 bits per heavy atom. The van der Waals surface area contributed by atoms with Crippen LogP contribution in [0.15, 0.2) is 4.42 Å². The molecular weight excluding hydrogens is 230 g/mol. The van der Waals surface area contributed by atoms with Crippen LogP contribution in [0.5, 0.6) is 0 Å². The number of oxazole rings is 1. The van der Waals surface area contributed by atoms with Gasteiger partial charge in [-0.3, -0.25) is 4.79 Å². The molecule has 1 N–H and O–H groups in total. The number of nitrogens with zero attached hydrogens (tertiary/aromatic N) is 2. The first-order chi connectivity index (χ1) is 8.58. The molecule has 0 spiro atoms. The van der Waals surface area contributed by atoms with E-state index in [-0.39, 0.29) is 5.91 Å². The average Bonchev–Trinajstić information content (AvgIpc) is 2.85. The predicted octanol–water partition coefficient (Wildman–Crippen LogP) is 1.51. The first kappa shape index (κ1) is 13.1. The Labute approximate surface area is 108 Å². The summed E-state index contributed by atoms with van der Waals surface area (Å²) in [5, 5.41) is 2.90. The van der Waals surface area contributed by atoms with Gasteiger partial charge in [0.15, 0.2) is 5.89 Å². The molecule has 0 saturated carbocycles. The highest BCUT2D eigenvalue weighted by Gasteiger charge is 2.21. The lowest BCUT2D eigenvalue weighted by Crippen LogP contribution is -2.31. The van der Waals surface area contributed by atoms with Crippen LogP contribution >= 0.6 is 0 Å². The lowest BCUT2D eigenvalue weighted by atomic mass is 10.1. The van der Waals surface area contributed by atoms with Crippen LogP contribution in [0.4, 0.5) is 0 Å². The molecule has 1 aliphatic heterocycles. The van der Waals surface area contributed by atoms with E-state index in [2.05, 4.69) is 22.2 Å². The number of carbonyl (C=O) groups is 1. The average molecular weight is 251 g/mol. The largest absolute Gasteiger partial charge is 0.436 e. The Balaban J connectivity index is 1.80. The maximum atomic E-state index is 11.9.